The molecule has 172 valence electrons. The first-order chi connectivity index (χ1) is 15.8. The quantitative estimate of drug-likeness (QED) is 0.546. The van der Waals surface area contributed by atoms with Crippen molar-refractivity contribution in [3.63, 3.8) is 0 Å². The van der Waals surface area contributed by atoms with Crippen molar-refractivity contribution in [2.24, 2.45) is 0 Å². The summed E-state index contributed by atoms with van der Waals surface area (Å²) in [7, 11) is 0. The second kappa shape index (κ2) is 9.48. The van der Waals surface area contributed by atoms with Crippen LogP contribution in [0, 0.1) is 0 Å². The molecule has 4 rings (SSSR count). The summed E-state index contributed by atoms with van der Waals surface area (Å²) in [6.07, 6.45) is -4.80. The number of piperazine rings is 1. The molecule has 9 heteroatoms. The largest absolute Gasteiger partial charge is 0.450 e. The van der Waals surface area contributed by atoms with Gasteiger partial charge in [0.15, 0.2) is 5.82 Å². The van der Waals surface area contributed by atoms with Gasteiger partial charge in [0.25, 0.3) is 0 Å². The van der Waals surface area contributed by atoms with E-state index in [4.69, 9.17) is 4.74 Å². The molecule has 0 bridgehead atoms. The lowest BCUT2D eigenvalue weighted by atomic mass is 10.1. The Balaban J connectivity index is 1.69. The fraction of sp³-hybridized carbons (Fsp3) is 0.292. The Morgan fingerprint density at radius 2 is 1.64 bits per heavy atom. The molecular weight excluding hydrogens is 433 g/mol. The Labute approximate surface area is 189 Å². The van der Waals surface area contributed by atoms with Gasteiger partial charge in [0.1, 0.15) is 5.82 Å². The van der Waals surface area contributed by atoms with Crippen molar-refractivity contribution in [2.75, 3.05) is 37.7 Å². The number of nitrogens with zero attached hydrogens (tertiary/aromatic N) is 4. The smallest absolute Gasteiger partial charge is 0.416 e. The maximum Gasteiger partial charge on any atom is 0.416 e. The lowest BCUT2D eigenvalue weighted by molar-refractivity contribution is -0.137. The van der Waals surface area contributed by atoms with Gasteiger partial charge in [-0.2, -0.15) is 13.2 Å². The third-order valence-corrected chi connectivity index (χ3v) is 5.36. The number of carbonyl (C=O) groups is 1. The van der Waals surface area contributed by atoms with E-state index in [2.05, 4.69) is 9.97 Å². The van der Waals surface area contributed by atoms with E-state index in [-0.39, 0.29) is 6.09 Å². The van der Waals surface area contributed by atoms with Gasteiger partial charge in [-0.1, -0.05) is 42.5 Å². The van der Waals surface area contributed by atoms with Gasteiger partial charge in [0.2, 0.25) is 0 Å². The molecule has 1 aliphatic heterocycles. The molecule has 0 unspecified atom stereocenters. The molecule has 0 radical (unpaired) electrons. The molecule has 33 heavy (non-hydrogen) atoms. The number of halogens is 3. The Kier molecular flexibility index (Phi) is 6.48. The van der Waals surface area contributed by atoms with Crippen LogP contribution in [-0.2, 0) is 10.9 Å². The normalized spacial score (nSPS) is 14.3. The molecule has 3 aromatic rings. The Hall–Kier alpha value is -3.62. The summed E-state index contributed by atoms with van der Waals surface area (Å²) in [5.41, 5.74) is 0.788. The average Bonchev–Trinajstić information content (AvgIpc) is 2.84. The first-order valence-corrected chi connectivity index (χ1v) is 10.6. The van der Waals surface area contributed by atoms with Crippen LogP contribution in [0.25, 0.3) is 22.6 Å². The number of rotatable bonds is 4. The van der Waals surface area contributed by atoms with Crippen LogP contribution in [0.3, 0.4) is 0 Å². The van der Waals surface area contributed by atoms with Crippen LogP contribution in [-0.4, -0.2) is 53.7 Å². The van der Waals surface area contributed by atoms with Crippen molar-refractivity contribution >= 4 is 11.9 Å². The fourth-order valence-corrected chi connectivity index (χ4v) is 3.65. The van der Waals surface area contributed by atoms with Gasteiger partial charge in [-0.25, -0.2) is 14.8 Å². The van der Waals surface area contributed by atoms with Crippen LogP contribution in [0.4, 0.5) is 23.8 Å². The SMILES string of the molecule is CCOC(=O)N1CCN(c2cc(-c3cccc(C(F)(F)F)c3)nc(-c3ccccc3)n2)CC1. The first-order valence-electron chi connectivity index (χ1n) is 10.6. The van der Waals surface area contributed by atoms with E-state index in [1.54, 1.807) is 24.0 Å². The zero-order chi connectivity index (χ0) is 23.4. The molecule has 2 aromatic carbocycles. The van der Waals surface area contributed by atoms with Crippen molar-refractivity contribution in [3.05, 3.63) is 66.2 Å². The molecule has 0 saturated carbocycles. The average molecular weight is 456 g/mol. The van der Waals surface area contributed by atoms with Gasteiger partial charge in [0.05, 0.1) is 17.9 Å². The summed E-state index contributed by atoms with van der Waals surface area (Å²) in [5.74, 6) is 1.02. The minimum absolute atomic E-state index is 0.311. The first kappa shape index (κ1) is 22.6. The monoisotopic (exact) mass is 456 g/mol. The Morgan fingerprint density at radius 3 is 2.30 bits per heavy atom. The number of hydrogen-bond acceptors (Lipinski definition) is 5. The van der Waals surface area contributed by atoms with Crippen molar-refractivity contribution in [3.8, 4) is 22.6 Å². The van der Waals surface area contributed by atoms with E-state index < -0.39 is 11.7 Å². The number of ether oxygens (including phenoxy) is 1. The molecule has 1 amide bonds. The molecule has 1 aromatic heterocycles. The zero-order valence-corrected chi connectivity index (χ0v) is 18.0. The third kappa shape index (κ3) is 5.24. The second-order valence-corrected chi connectivity index (χ2v) is 7.55. The summed E-state index contributed by atoms with van der Waals surface area (Å²) in [5, 5.41) is 0. The molecular formula is C24H23F3N4O2. The number of aromatic nitrogens is 2. The molecule has 1 saturated heterocycles. The number of carbonyl (C=O) groups excluding carboxylic acids is 1. The van der Waals surface area contributed by atoms with Gasteiger partial charge >= 0.3 is 12.3 Å². The predicted octanol–water partition coefficient (Wildman–Crippen LogP) is 5.11. The van der Waals surface area contributed by atoms with E-state index in [1.807, 2.05) is 35.2 Å². The summed E-state index contributed by atoms with van der Waals surface area (Å²) < 4.78 is 44.9. The van der Waals surface area contributed by atoms with Crippen LogP contribution in [0.5, 0.6) is 0 Å². The summed E-state index contributed by atoms with van der Waals surface area (Å²) in [6.45, 7) is 4.03. The Bertz CT molecular complexity index is 1110. The molecule has 6 nitrogen and oxygen atoms in total. The lowest BCUT2D eigenvalue weighted by Crippen LogP contribution is -2.49. The zero-order valence-electron chi connectivity index (χ0n) is 18.0. The van der Waals surface area contributed by atoms with Crippen molar-refractivity contribution in [1.29, 1.82) is 0 Å². The van der Waals surface area contributed by atoms with Crippen LogP contribution in [0.2, 0.25) is 0 Å². The molecule has 0 N–H and O–H groups in total. The fourth-order valence-electron chi connectivity index (χ4n) is 3.65. The van der Waals surface area contributed by atoms with Gasteiger partial charge in [-0.05, 0) is 19.1 Å². The van der Waals surface area contributed by atoms with Crippen molar-refractivity contribution < 1.29 is 22.7 Å². The number of alkyl halides is 3. The Morgan fingerprint density at radius 1 is 0.939 bits per heavy atom. The molecule has 0 atom stereocenters. The molecule has 0 aliphatic carbocycles. The third-order valence-electron chi connectivity index (χ3n) is 5.36. The van der Waals surface area contributed by atoms with Crippen LogP contribution in [0.1, 0.15) is 12.5 Å². The predicted molar refractivity (Wildman–Crippen MR) is 119 cm³/mol. The van der Waals surface area contributed by atoms with Gasteiger partial charge in [-0.15, -0.1) is 0 Å². The van der Waals surface area contributed by atoms with Crippen LogP contribution in [0.15, 0.2) is 60.7 Å². The molecule has 0 spiro atoms. The van der Waals surface area contributed by atoms with Crippen LogP contribution < -0.4 is 4.90 Å². The highest BCUT2D eigenvalue weighted by atomic mass is 19.4. The summed E-state index contributed by atoms with van der Waals surface area (Å²) in [4.78, 5) is 24.9. The maximum atomic E-state index is 13.3. The minimum Gasteiger partial charge on any atom is -0.450 e. The molecule has 2 heterocycles. The number of amides is 1. The lowest BCUT2D eigenvalue weighted by Gasteiger charge is -2.35. The minimum atomic E-state index is -4.45. The van der Waals surface area contributed by atoms with E-state index in [9.17, 15) is 18.0 Å². The highest BCUT2D eigenvalue weighted by Gasteiger charge is 2.31. The van der Waals surface area contributed by atoms with E-state index in [1.165, 1.54) is 6.07 Å². The van der Waals surface area contributed by atoms with Crippen molar-refractivity contribution in [2.45, 2.75) is 13.1 Å². The van der Waals surface area contributed by atoms with E-state index in [0.29, 0.717) is 55.7 Å². The van der Waals surface area contributed by atoms with Crippen molar-refractivity contribution in [1.82, 2.24) is 14.9 Å². The van der Waals surface area contributed by atoms with Gasteiger partial charge < -0.3 is 14.5 Å². The highest BCUT2D eigenvalue weighted by Crippen LogP contribution is 2.33. The number of benzene rings is 2. The molecule has 1 fully saturated rings. The standard InChI is InChI=1S/C24H23F3N4O2/c1-2-33-23(32)31-13-11-30(12-14-31)21-16-20(18-9-6-10-19(15-18)24(25,26)27)28-22(29-21)17-7-4-3-5-8-17/h3-10,15-16H,2,11-14H2,1H3. The summed E-state index contributed by atoms with van der Waals surface area (Å²) in [6, 6.07) is 16.1. The van der Waals surface area contributed by atoms with Gasteiger partial charge in [-0.3, -0.25) is 0 Å². The summed E-state index contributed by atoms with van der Waals surface area (Å²) >= 11 is 0. The second-order valence-electron chi connectivity index (χ2n) is 7.55. The topological polar surface area (TPSA) is 58.6 Å². The number of anilines is 1. The molecule has 1 aliphatic rings. The number of hydrogen-bond donors (Lipinski definition) is 0. The van der Waals surface area contributed by atoms with E-state index in [0.717, 1.165) is 17.7 Å². The van der Waals surface area contributed by atoms with Gasteiger partial charge in [0, 0.05) is 43.4 Å². The van der Waals surface area contributed by atoms with Crippen LogP contribution >= 0.6 is 0 Å². The highest BCUT2D eigenvalue weighted by molar-refractivity contribution is 5.70. The maximum absolute atomic E-state index is 13.3. The van der Waals surface area contributed by atoms with E-state index >= 15 is 0 Å².